The lowest BCUT2D eigenvalue weighted by Gasteiger charge is -2.25. The van der Waals surface area contributed by atoms with Gasteiger partial charge in [0.25, 0.3) is 0 Å². The van der Waals surface area contributed by atoms with Gasteiger partial charge in [0.2, 0.25) is 0 Å². The van der Waals surface area contributed by atoms with Crippen LogP contribution in [0.5, 0.6) is 23.0 Å². The number of ether oxygens (including phenoxy) is 2. The Balaban J connectivity index is 1.60. The summed E-state index contributed by atoms with van der Waals surface area (Å²) in [6, 6.07) is 18.8. The summed E-state index contributed by atoms with van der Waals surface area (Å²) in [6.07, 6.45) is 0.273. The number of benzene rings is 3. The first-order valence-electron chi connectivity index (χ1n) is 8.87. The molecule has 136 valence electrons. The van der Waals surface area contributed by atoms with Gasteiger partial charge in [0.15, 0.2) is 0 Å². The minimum atomic E-state index is -0.298. The zero-order chi connectivity index (χ0) is 19.0. The number of esters is 1. The molecule has 0 radical (unpaired) electrons. The summed E-state index contributed by atoms with van der Waals surface area (Å²) >= 11 is 0. The van der Waals surface area contributed by atoms with E-state index in [4.69, 9.17) is 9.47 Å². The van der Waals surface area contributed by atoms with Gasteiger partial charge in [-0.05, 0) is 60.9 Å². The molecule has 4 rings (SSSR count). The standard InChI is InChI=1S/C23H20O4/c1-14-9-15(2)11-19(10-14)26-18-6-3-16(4-7-18)21-13-23(25)27-22-12-17(24)5-8-20(21)22/h3-12,21,24H,13H2,1-2H3. The molecule has 0 spiro atoms. The van der Waals surface area contributed by atoms with E-state index in [9.17, 15) is 9.90 Å². The topological polar surface area (TPSA) is 55.8 Å². The minimum Gasteiger partial charge on any atom is -0.508 e. The van der Waals surface area contributed by atoms with Gasteiger partial charge in [-0.25, -0.2) is 0 Å². The number of hydrogen-bond donors (Lipinski definition) is 1. The van der Waals surface area contributed by atoms with Crippen molar-refractivity contribution in [3.8, 4) is 23.0 Å². The van der Waals surface area contributed by atoms with Crippen LogP contribution in [-0.2, 0) is 4.79 Å². The smallest absolute Gasteiger partial charge is 0.312 e. The summed E-state index contributed by atoms with van der Waals surface area (Å²) in [5.74, 6) is 1.66. The molecule has 1 unspecified atom stereocenters. The molecule has 4 heteroatoms. The van der Waals surface area contributed by atoms with Crippen LogP contribution in [0, 0.1) is 13.8 Å². The van der Waals surface area contributed by atoms with Crippen molar-refractivity contribution in [2.75, 3.05) is 0 Å². The number of carbonyl (C=O) groups excluding carboxylic acids is 1. The molecule has 1 heterocycles. The average Bonchev–Trinajstić information content (AvgIpc) is 2.60. The fourth-order valence-electron chi connectivity index (χ4n) is 3.53. The quantitative estimate of drug-likeness (QED) is 0.512. The summed E-state index contributed by atoms with van der Waals surface area (Å²) in [7, 11) is 0. The Hall–Kier alpha value is -3.27. The van der Waals surface area contributed by atoms with Gasteiger partial charge in [-0.15, -0.1) is 0 Å². The van der Waals surface area contributed by atoms with Gasteiger partial charge in [-0.1, -0.05) is 24.3 Å². The normalized spacial score (nSPS) is 15.8. The summed E-state index contributed by atoms with van der Waals surface area (Å²) in [4.78, 5) is 12.0. The monoisotopic (exact) mass is 360 g/mol. The van der Waals surface area contributed by atoms with Crippen LogP contribution in [0.1, 0.15) is 34.6 Å². The van der Waals surface area contributed by atoms with Crippen LogP contribution in [-0.4, -0.2) is 11.1 Å². The van der Waals surface area contributed by atoms with Gasteiger partial charge in [-0.3, -0.25) is 4.79 Å². The second-order valence-corrected chi connectivity index (χ2v) is 6.95. The summed E-state index contributed by atoms with van der Waals surface area (Å²) in [5, 5.41) is 9.64. The minimum absolute atomic E-state index is 0.0828. The number of fused-ring (bicyclic) bond motifs is 1. The Bertz CT molecular complexity index is 985. The number of phenolic OH excluding ortho intramolecular Hbond substituents is 1. The Morgan fingerprint density at radius 2 is 1.63 bits per heavy atom. The molecule has 0 aliphatic carbocycles. The molecule has 0 saturated heterocycles. The van der Waals surface area contributed by atoms with Gasteiger partial charge in [0.05, 0.1) is 6.42 Å². The zero-order valence-corrected chi connectivity index (χ0v) is 15.2. The van der Waals surface area contributed by atoms with Crippen molar-refractivity contribution in [1.82, 2.24) is 0 Å². The van der Waals surface area contributed by atoms with E-state index in [1.165, 1.54) is 6.07 Å². The van der Waals surface area contributed by atoms with Crippen molar-refractivity contribution in [2.24, 2.45) is 0 Å². The number of hydrogen-bond acceptors (Lipinski definition) is 4. The summed E-state index contributed by atoms with van der Waals surface area (Å²) in [5.41, 5.74) is 4.21. The third-order valence-electron chi connectivity index (χ3n) is 4.68. The van der Waals surface area contributed by atoms with E-state index in [1.807, 2.05) is 56.3 Å². The molecule has 3 aromatic carbocycles. The van der Waals surface area contributed by atoms with Crippen LogP contribution in [0.25, 0.3) is 0 Å². The number of phenols is 1. The van der Waals surface area contributed by atoms with Gasteiger partial charge < -0.3 is 14.6 Å². The number of rotatable bonds is 3. The summed E-state index contributed by atoms with van der Waals surface area (Å²) in [6.45, 7) is 4.08. The molecular weight excluding hydrogens is 340 g/mol. The second-order valence-electron chi connectivity index (χ2n) is 6.95. The Kier molecular flexibility index (Phi) is 4.32. The number of carbonyl (C=O) groups is 1. The van der Waals surface area contributed by atoms with Crippen LogP contribution in [0.4, 0.5) is 0 Å². The Morgan fingerprint density at radius 3 is 2.33 bits per heavy atom. The van der Waals surface area contributed by atoms with Crippen LogP contribution < -0.4 is 9.47 Å². The van der Waals surface area contributed by atoms with E-state index < -0.39 is 0 Å². The molecule has 3 aromatic rings. The van der Waals surface area contributed by atoms with E-state index in [0.29, 0.717) is 5.75 Å². The summed E-state index contributed by atoms with van der Waals surface area (Å²) < 4.78 is 11.2. The fraction of sp³-hybridized carbons (Fsp3) is 0.174. The van der Waals surface area contributed by atoms with Gasteiger partial charge in [-0.2, -0.15) is 0 Å². The second kappa shape index (κ2) is 6.80. The SMILES string of the molecule is Cc1cc(C)cc(Oc2ccc(C3CC(=O)Oc4cc(O)ccc43)cc2)c1. The number of aromatic hydroxyl groups is 1. The third-order valence-corrected chi connectivity index (χ3v) is 4.68. The lowest BCUT2D eigenvalue weighted by atomic mass is 9.86. The molecule has 1 aliphatic heterocycles. The molecule has 0 bridgehead atoms. The molecule has 0 amide bonds. The molecule has 1 atom stereocenters. The first kappa shape index (κ1) is 17.2. The van der Waals surface area contributed by atoms with Crippen LogP contribution in [0.3, 0.4) is 0 Å². The largest absolute Gasteiger partial charge is 0.508 e. The Morgan fingerprint density at radius 1 is 0.926 bits per heavy atom. The highest BCUT2D eigenvalue weighted by Gasteiger charge is 2.28. The van der Waals surface area contributed by atoms with Crippen molar-refractivity contribution >= 4 is 5.97 Å². The van der Waals surface area contributed by atoms with E-state index >= 15 is 0 Å². The molecule has 0 saturated carbocycles. The first-order chi connectivity index (χ1) is 13.0. The highest BCUT2D eigenvalue weighted by molar-refractivity contribution is 5.78. The highest BCUT2D eigenvalue weighted by Crippen LogP contribution is 2.40. The predicted molar refractivity (Wildman–Crippen MR) is 103 cm³/mol. The van der Waals surface area contributed by atoms with Crippen LogP contribution >= 0.6 is 0 Å². The van der Waals surface area contributed by atoms with Crippen LogP contribution in [0.15, 0.2) is 60.7 Å². The zero-order valence-electron chi connectivity index (χ0n) is 15.2. The maximum absolute atomic E-state index is 12.0. The van der Waals surface area contributed by atoms with E-state index in [2.05, 4.69) is 6.07 Å². The molecule has 1 N–H and O–H groups in total. The molecular formula is C23H20O4. The van der Waals surface area contributed by atoms with Gasteiger partial charge >= 0.3 is 5.97 Å². The maximum Gasteiger partial charge on any atom is 0.312 e. The first-order valence-corrected chi connectivity index (χ1v) is 8.87. The molecule has 27 heavy (non-hydrogen) atoms. The van der Waals surface area contributed by atoms with Crippen molar-refractivity contribution in [1.29, 1.82) is 0 Å². The van der Waals surface area contributed by atoms with Crippen LogP contribution in [0.2, 0.25) is 0 Å². The fourth-order valence-corrected chi connectivity index (χ4v) is 3.53. The van der Waals surface area contributed by atoms with E-state index in [-0.39, 0.29) is 24.1 Å². The molecule has 4 nitrogen and oxygen atoms in total. The molecule has 0 aromatic heterocycles. The van der Waals surface area contributed by atoms with Crippen molar-refractivity contribution in [2.45, 2.75) is 26.2 Å². The highest BCUT2D eigenvalue weighted by atomic mass is 16.5. The van der Waals surface area contributed by atoms with Gasteiger partial charge in [0.1, 0.15) is 23.0 Å². The van der Waals surface area contributed by atoms with Crippen molar-refractivity contribution < 1.29 is 19.4 Å². The van der Waals surface area contributed by atoms with Gasteiger partial charge in [0, 0.05) is 17.5 Å². The van der Waals surface area contributed by atoms with E-state index in [0.717, 1.165) is 33.8 Å². The van der Waals surface area contributed by atoms with E-state index in [1.54, 1.807) is 6.07 Å². The lowest BCUT2D eigenvalue weighted by molar-refractivity contribution is -0.135. The Labute approximate surface area is 158 Å². The number of aryl methyl sites for hydroxylation is 2. The maximum atomic E-state index is 12.0. The molecule has 1 aliphatic rings. The predicted octanol–water partition coefficient (Wildman–Crippen LogP) is 5.24. The van der Waals surface area contributed by atoms with Crippen molar-refractivity contribution in [3.63, 3.8) is 0 Å². The van der Waals surface area contributed by atoms with Crippen molar-refractivity contribution in [3.05, 3.63) is 82.9 Å². The molecule has 0 fully saturated rings. The lowest BCUT2D eigenvalue weighted by Crippen LogP contribution is -2.20. The third kappa shape index (κ3) is 3.65. The average molecular weight is 360 g/mol.